The van der Waals surface area contributed by atoms with Crippen LogP contribution in [0.15, 0.2) is 76.8 Å². The van der Waals surface area contributed by atoms with Crippen LogP contribution in [0.4, 0.5) is 10.5 Å². The number of hydrogen-bond acceptors (Lipinski definition) is 7. The van der Waals surface area contributed by atoms with E-state index >= 15 is 0 Å². The Kier molecular flexibility index (Phi) is 7.68. The van der Waals surface area contributed by atoms with Gasteiger partial charge in [0.2, 0.25) is 0 Å². The van der Waals surface area contributed by atoms with Gasteiger partial charge >= 0.3 is 18.0 Å². The van der Waals surface area contributed by atoms with Crippen molar-refractivity contribution in [2.45, 2.75) is 6.61 Å². The molecule has 0 saturated carbocycles. The van der Waals surface area contributed by atoms with Crippen molar-refractivity contribution in [1.29, 1.82) is 0 Å². The number of urea groups is 1. The number of methoxy groups -OCH3 is 1. The van der Waals surface area contributed by atoms with Crippen LogP contribution in [0.3, 0.4) is 0 Å². The molecular formula is C27H19BrN2O8. The van der Waals surface area contributed by atoms with E-state index in [0.717, 1.165) is 4.90 Å². The molecule has 0 bridgehead atoms. The van der Waals surface area contributed by atoms with Gasteiger partial charge in [0.1, 0.15) is 17.9 Å². The zero-order valence-electron chi connectivity index (χ0n) is 19.8. The number of imide groups is 2. The van der Waals surface area contributed by atoms with Gasteiger partial charge in [0.15, 0.2) is 0 Å². The number of anilines is 1. The number of ether oxygens (including phenoxy) is 2. The molecule has 4 amide bonds. The Morgan fingerprint density at radius 2 is 1.63 bits per heavy atom. The van der Waals surface area contributed by atoms with E-state index in [2.05, 4.69) is 26.0 Å². The lowest BCUT2D eigenvalue weighted by Crippen LogP contribution is -2.54. The summed E-state index contributed by atoms with van der Waals surface area (Å²) in [6, 6.07) is 15.8. The third-order valence-corrected chi connectivity index (χ3v) is 6.01. The maximum absolute atomic E-state index is 13.3. The fraction of sp³-hybridized carbons (Fsp3) is 0.0741. The Balaban J connectivity index is 1.62. The number of carbonyl (C=O) groups is 5. The molecule has 1 aliphatic heterocycles. The Hall–Kier alpha value is -4.77. The lowest BCUT2D eigenvalue weighted by atomic mass is 10.1. The summed E-state index contributed by atoms with van der Waals surface area (Å²) in [5.41, 5.74) is 1.29. The van der Waals surface area contributed by atoms with Crippen LogP contribution in [0.2, 0.25) is 0 Å². The SMILES string of the molecule is COC(=O)c1ccc(N2C(=O)NC(=O)/C(=C\c3cc(Br)ccc3OCc3ccc(C(=O)O)cc3)C2=O)cc1. The van der Waals surface area contributed by atoms with E-state index in [4.69, 9.17) is 9.84 Å². The number of benzene rings is 3. The zero-order chi connectivity index (χ0) is 27.4. The van der Waals surface area contributed by atoms with E-state index < -0.39 is 29.8 Å². The molecular weight excluding hydrogens is 560 g/mol. The topological polar surface area (TPSA) is 139 Å². The maximum Gasteiger partial charge on any atom is 0.337 e. The van der Waals surface area contributed by atoms with Crippen molar-refractivity contribution in [1.82, 2.24) is 5.32 Å². The molecule has 0 atom stereocenters. The molecule has 11 heteroatoms. The quantitative estimate of drug-likeness (QED) is 0.242. The van der Waals surface area contributed by atoms with Crippen LogP contribution < -0.4 is 15.0 Å². The summed E-state index contributed by atoms with van der Waals surface area (Å²) in [6.07, 6.45) is 1.31. The molecule has 2 N–H and O–H groups in total. The Morgan fingerprint density at radius 3 is 2.26 bits per heavy atom. The number of amides is 4. The highest BCUT2D eigenvalue weighted by molar-refractivity contribution is 9.10. The summed E-state index contributed by atoms with van der Waals surface area (Å²) in [5, 5.41) is 11.2. The van der Waals surface area contributed by atoms with Gasteiger partial charge < -0.3 is 14.6 Å². The Labute approximate surface area is 224 Å². The number of carboxylic acid groups (broad SMARTS) is 1. The lowest BCUT2D eigenvalue weighted by Gasteiger charge is -2.26. The van der Waals surface area contributed by atoms with Crippen molar-refractivity contribution in [2.24, 2.45) is 0 Å². The first-order valence-corrected chi connectivity index (χ1v) is 11.8. The minimum atomic E-state index is -1.04. The number of carboxylic acids is 1. The van der Waals surface area contributed by atoms with Crippen LogP contribution in [0, 0.1) is 0 Å². The van der Waals surface area contributed by atoms with Gasteiger partial charge in [-0.15, -0.1) is 0 Å². The molecule has 3 aromatic rings. The number of nitrogens with zero attached hydrogens (tertiary/aromatic N) is 1. The molecule has 192 valence electrons. The third kappa shape index (κ3) is 5.62. The van der Waals surface area contributed by atoms with E-state index in [9.17, 15) is 24.0 Å². The first-order chi connectivity index (χ1) is 18.2. The number of esters is 1. The van der Waals surface area contributed by atoms with Gasteiger partial charge in [0.05, 0.1) is 23.9 Å². The van der Waals surface area contributed by atoms with Gasteiger partial charge in [-0.2, -0.15) is 0 Å². The van der Waals surface area contributed by atoms with E-state index in [1.807, 2.05) is 0 Å². The van der Waals surface area contributed by atoms with Gasteiger partial charge in [-0.1, -0.05) is 28.1 Å². The highest BCUT2D eigenvalue weighted by Crippen LogP contribution is 2.29. The second kappa shape index (κ2) is 11.1. The molecule has 0 aromatic heterocycles. The normalized spacial score (nSPS) is 14.3. The summed E-state index contributed by atoms with van der Waals surface area (Å²) < 4.78 is 11.2. The smallest absolute Gasteiger partial charge is 0.337 e. The predicted octanol–water partition coefficient (Wildman–Crippen LogP) is 4.18. The summed E-state index contributed by atoms with van der Waals surface area (Å²) in [5.74, 6) is -3.02. The van der Waals surface area contributed by atoms with Gasteiger partial charge in [-0.05, 0) is 66.2 Å². The fourth-order valence-corrected chi connectivity index (χ4v) is 3.96. The molecule has 10 nitrogen and oxygen atoms in total. The van der Waals surface area contributed by atoms with Crippen LogP contribution in [-0.4, -0.2) is 42.0 Å². The monoisotopic (exact) mass is 578 g/mol. The van der Waals surface area contributed by atoms with Crippen molar-refractivity contribution >= 4 is 57.5 Å². The first kappa shape index (κ1) is 26.3. The van der Waals surface area contributed by atoms with Crippen LogP contribution in [0.5, 0.6) is 5.75 Å². The van der Waals surface area contributed by atoms with E-state index in [1.54, 1.807) is 30.3 Å². The molecule has 0 spiro atoms. The largest absolute Gasteiger partial charge is 0.488 e. The number of carbonyl (C=O) groups excluding carboxylic acids is 4. The molecule has 1 heterocycles. The van der Waals surface area contributed by atoms with Crippen molar-refractivity contribution in [3.05, 3.63) is 99.0 Å². The van der Waals surface area contributed by atoms with Crippen LogP contribution in [0.25, 0.3) is 6.08 Å². The summed E-state index contributed by atoms with van der Waals surface area (Å²) in [4.78, 5) is 62.0. The average Bonchev–Trinajstić information content (AvgIpc) is 2.90. The zero-order valence-corrected chi connectivity index (χ0v) is 21.4. The van der Waals surface area contributed by atoms with Gasteiger partial charge in [0.25, 0.3) is 11.8 Å². The Bertz CT molecular complexity index is 1480. The molecule has 1 aliphatic rings. The molecule has 1 fully saturated rings. The second-order valence-electron chi connectivity index (χ2n) is 7.97. The summed E-state index contributed by atoms with van der Waals surface area (Å²) in [7, 11) is 1.23. The van der Waals surface area contributed by atoms with Crippen molar-refractivity contribution in [2.75, 3.05) is 12.0 Å². The number of nitrogens with one attached hydrogen (secondary N) is 1. The predicted molar refractivity (Wildman–Crippen MR) is 139 cm³/mol. The number of hydrogen-bond donors (Lipinski definition) is 2. The fourth-order valence-electron chi connectivity index (χ4n) is 3.58. The molecule has 0 unspecified atom stereocenters. The van der Waals surface area contributed by atoms with Crippen molar-refractivity contribution in [3.63, 3.8) is 0 Å². The standard InChI is InChI=1S/C27H19BrN2O8/c1-37-26(35)17-6-9-20(10-7-17)30-24(32)21(23(31)29-27(30)36)13-18-12-19(28)8-11-22(18)38-14-15-2-4-16(5-3-15)25(33)34/h2-13H,14H2,1H3,(H,33,34)(H,29,31,36)/b21-13+. The highest BCUT2D eigenvalue weighted by atomic mass is 79.9. The second-order valence-corrected chi connectivity index (χ2v) is 8.88. The van der Waals surface area contributed by atoms with Gasteiger partial charge in [-0.3, -0.25) is 14.9 Å². The third-order valence-electron chi connectivity index (χ3n) is 5.52. The molecule has 38 heavy (non-hydrogen) atoms. The molecule has 1 saturated heterocycles. The van der Waals surface area contributed by atoms with E-state index in [1.165, 1.54) is 49.6 Å². The van der Waals surface area contributed by atoms with Gasteiger partial charge in [0, 0.05) is 10.0 Å². The summed E-state index contributed by atoms with van der Waals surface area (Å²) in [6.45, 7) is 0.0923. The highest BCUT2D eigenvalue weighted by Gasteiger charge is 2.37. The molecule has 0 radical (unpaired) electrons. The summed E-state index contributed by atoms with van der Waals surface area (Å²) >= 11 is 3.36. The Morgan fingerprint density at radius 1 is 0.974 bits per heavy atom. The molecule has 3 aromatic carbocycles. The van der Waals surface area contributed by atoms with Crippen molar-refractivity contribution in [3.8, 4) is 5.75 Å². The number of barbiturate groups is 1. The number of rotatable bonds is 7. The number of halogens is 1. The van der Waals surface area contributed by atoms with Gasteiger partial charge in [-0.25, -0.2) is 19.3 Å². The van der Waals surface area contributed by atoms with Crippen LogP contribution in [0.1, 0.15) is 31.8 Å². The maximum atomic E-state index is 13.3. The first-order valence-electron chi connectivity index (χ1n) is 11.0. The van der Waals surface area contributed by atoms with Crippen LogP contribution >= 0.6 is 15.9 Å². The lowest BCUT2D eigenvalue weighted by molar-refractivity contribution is -0.122. The van der Waals surface area contributed by atoms with Crippen LogP contribution in [-0.2, 0) is 20.9 Å². The molecule has 0 aliphatic carbocycles. The minimum Gasteiger partial charge on any atom is -0.488 e. The minimum absolute atomic E-state index is 0.0923. The number of aromatic carboxylic acids is 1. The average molecular weight is 579 g/mol. The van der Waals surface area contributed by atoms with Crippen molar-refractivity contribution < 1.29 is 38.6 Å². The van der Waals surface area contributed by atoms with E-state index in [-0.39, 0.29) is 29.0 Å². The molecule has 4 rings (SSSR count). The van der Waals surface area contributed by atoms with E-state index in [0.29, 0.717) is 21.3 Å².